The van der Waals surface area contributed by atoms with Crippen molar-refractivity contribution in [1.82, 2.24) is 15.1 Å². The summed E-state index contributed by atoms with van der Waals surface area (Å²) >= 11 is 0. The fraction of sp³-hybridized carbons (Fsp3) is 0.464. The lowest BCUT2D eigenvalue weighted by atomic mass is 10.0. The second-order valence-corrected chi connectivity index (χ2v) is 9.12. The molecule has 6 heteroatoms. The lowest BCUT2D eigenvalue weighted by Gasteiger charge is -2.41. The van der Waals surface area contributed by atoms with Crippen LogP contribution in [-0.4, -0.2) is 59.2 Å². The highest BCUT2D eigenvalue weighted by Crippen LogP contribution is 2.15. The van der Waals surface area contributed by atoms with Gasteiger partial charge in [0.15, 0.2) is 0 Å². The number of nitrogens with one attached hydrogen (secondary N) is 1. The lowest BCUT2D eigenvalue weighted by Crippen LogP contribution is -2.59. The van der Waals surface area contributed by atoms with E-state index in [1.807, 2.05) is 72.5 Å². The molecule has 1 N–H and O–H groups in total. The van der Waals surface area contributed by atoms with Crippen molar-refractivity contribution in [2.24, 2.45) is 0 Å². The van der Waals surface area contributed by atoms with E-state index in [9.17, 15) is 14.4 Å². The molecular weight excluding hydrogens is 426 g/mol. The maximum Gasteiger partial charge on any atom is 0.245 e. The smallest absolute Gasteiger partial charge is 0.245 e. The molecule has 2 atom stereocenters. The van der Waals surface area contributed by atoms with E-state index in [1.54, 1.807) is 4.90 Å². The van der Waals surface area contributed by atoms with Crippen LogP contribution < -0.4 is 5.32 Å². The van der Waals surface area contributed by atoms with Gasteiger partial charge < -0.3 is 15.1 Å². The van der Waals surface area contributed by atoms with E-state index in [-0.39, 0.29) is 23.8 Å². The van der Waals surface area contributed by atoms with E-state index in [4.69, 9.17) is 0 Å². The maximum atomic E-state index is 13.5. The number of amides is 3. The van der Waals surface area contributed by atoms with Crippen molar-refractivity contribution >= 4 is 17.7 Å². The molecule has 34 heavy (non-hydrogen) atoms. The number of unbranched alkanes of at least 4 members (excludes halogenated alkanes) is 1. The number of hydrogen-bond acceptors (Lipinski definition) is 3. The van der Waals surface area contributed by atoms with Crippen molar-refractivity contribution in [2.45, 2.75) is 64.5 Å². The molecule has 1 aliphatic heterocycles. The summed E-state index contributed by atoms with van der Waals surface area (Å²) in [4.78, 5) is 42.5. The molecule has 182 valence electrons. The van der Waals surface area contributed by atoms with Crippen LogP contribution >= 0.6 is 0 Å². The monoisotopic (exact) mass is 463 g/mol. The van der Waals surface area contributed by atoms with Crippen LogP contribution in [0.1, 0.15) is 50.7 Å². The summed E-state index contributed by atoms with van der Waals surface area (Å²) in [6, 6.07) is 19.0. The van der Waals surface area contributed by atoms with Crippen LogP contribution in [0.15, 0.2) is 60.7 Å². The van der Waals surface area contributed by atoms with Gasteiger partial charge in [-0.25, -0.2) is 0 Å². The topological polar surface area (TPSA) is 69.7 Å². The Balaban J connectivity index is 1.63. The molecule has 0 spiro atoms. The highest BCUT2D eigenvalue weighted by Gasteiger charge is 2.33. The van der Waals surface area contributed by atoms with Gasteiger partial charge in [-0.1, -0.05) is 74.0 Å². The van der Waals surface area contributed by atoms with Crippen LogP contribution in [0.2, 0.25) is 0 Å². The van der Waals surface area contributed by atoms with Gasteiger partial charge in [0.05, 0.1) is 0 Å². The highest BCUT2D eigenvalue weighted by atomic mass is 16.2. The first-order valence-corrected chi connectivity index (χ1v) is 12.4. The van der Waals surface area contributed by atoms with Gasteiger partial charge in [-0.15, -0.1) is 0 Å². The molecule has 2 unspecified atom stereocenters. The third kappa shape index (κ3) is 7.44. The van der Waals surface area contributed by atoms with Crippen molar-refractivity contribution in [1.29, 1.82) is 0 Å². The van der Waals surface area contributed by atoms with Gasteiger partial charge in [0.1, 0.15) is 6.04 Å². The van der Waals surface area contributed by atoms with Gasteiger partial charge in [0, 0.05) is 44.9 Å². The van der Waals surface area contributed by atoms with Crippen molar-refractivity contribution in [3.63, 3.8) is 0 Å². The largest absolute Gasteiger partial charge is 0.344 e. The van der Waals surface area contributed by atoms with Crippen molar-refractivity contribution in [2.75, 3.05) is 19.6 Å². The minimum Gasteiger partial charge on any atom is -0.344 e. The van der Waals surface area contributed by atoms with E-state index >= 15 is 0 Å². The van der Waals surface area contributed by atoms with Crippen LogP contribution in [0.25, 0.3) is 0 Å². The van der Waals surface area contributed by atoms with E-state index in [1.165, 1.54) is 0 Å². The summed E-state index contributed by atoms with van der Waals surface area (Å²) in [5.41, 5.74) is 2.10. The molecule has 0 bridgehead atoms. The molecule has 1 heterocycles. The SMILES string of the molecule is CCCCC(=O)N1CCN(C(=O)C(Cc2ccccc2)NC(=O)CCc2ccccc2)CC1C. The third-order valence-electron chi connectivity index (χ3n) is 6.40. The number of piperazine rings is 1. The Morgan fingerprint density at radius 3 is 2.21 bits per heavy atom. The molecule has 0 radical (unpaired) electrons. The molecule has 0 aliphatic carbocycles. The first-order valence-electron chi connectivity index (χ1n) is 12.4. The zero-order valence-corrected chi connectivity index (χ0v) is 20.4. The van der Waals surface area contributed by atoms with E-state index in [2.05, 4.69) is 12.2 Å². The summed E-state index contributed by atoms with van der Waals surface area (Å²) in [7, 11) is 0. The molecular formula is C28H37N3O3. The normalized spacial score (nSPS) is 16.7. The second-order valence-electron chi connectivity index (χ2n) is 9.12. The molecule has 2 aromatic carbocycles. The summed E-state index contributed by atoms with van der Waals surface area (Å²) in [5.74, 6) is -0.0412. The Kier molecular flexibility index (Phi) is 9.68. The Morgan fingerprint density at radius 2 is 1.59 bits per heavy atom. The summed E-state index contributed by atoms with van der Waals surface area (Å²) in [6.07, 6.45) is 3.85. The quantitative estimate of drug-likeness (QED) is 0.585. The second kappa shape index (κ2) is 12.9. The third-order valence-corrected chi connectivity index (χ3v) is 6.40. The van der Waals surface area contributed by atoms with Gasteiger partial charge in [-0.05, 0) is 30.9 Å². The standard InChI is InChI=1S/C28H37N3O3/c1-3-4-15-27(33)31-19-18-30(21-22(31)2)28(34)25(20-24-13-9-6-10-14-24)29-26(32)17-16-23-11-7-5-8-12-23/h5-14,22,25H,3-4,15-21H2,1-2H3,(H,29,32). The average molecular weight is 464 g/mol. The summed E-state index contributed by atoms with van der Waals surface area (Å²) < 4.78 is 0. The molecule has 1 saturated heterocycles. The van der Waals surface area contributed by atoms with Gasteiger partial charge in [0.2, 0.25) is 17.7 Å². The van der Waals surface area contributed by atoms with Crippen LogP contribution in [0, 0.1) is 0 Å². The van der Waals surface area contributed by atoms with Crippen LogP contribution in [0.4, 0.5) is 0 Å². The fourth-order valence-electron chi connectivity index (χ4n) is 4.44. The van der Waals surface area contributed by atoms with Crippen LogP contribution in [-0.2, 0) is 27.2 Å². The maximum absolute atomic E-state index is 13.5. The molecule has 3 rings (SSSR count). The minimum absolute atomic E-state index is 0.0341. The van der Waals surface area contributed by atoms with Crippen molar-refractivity contribution in [3.05, 3.63) is 71.8 Å². The van der Waals surface area contributed by atoms with Crippen molar-refractivity contribution < 1.29 is 14.4 Å². The Morgan fingerprint density at radius 1 is 0.941 bits per heavy atom. The molecule has 1 fully saturated rings. The first kappa shape index (κ1) is 25.5. The number of carbonyl (C=O) groups excluding carboxylic acids is 3. The van der Waals surface area contributed by atoms with Gasteiger partial charge in [-0.2, -0.15) is 0 Å². The predicted octanol–water partition coefficient (Wildman–Crippen LogP) is 3.60. The number of aryl methyl sites for hydroxylation is 1. The fourth-order valence-corrected chi connectivity index (χ4v) is 4.44. The van der Waals surface area contributed by atoms with Crippen LogP contribution in [0.5, 0.6) is 0 Å². The minimum atomic E-state index is -0.625. The predicted molar refractivity (Wildman–Crippen MR) is 134 cm³/mol. The molecule has 1 aliphatic rings. The molecule has 2 aromatic rings. The molecule has 6 nitrogen and oxygen atoms in total. The number of benzene rings is 2. The number of rotatable bonds is 10. The highest BCUT2D eigenvalue weighted by molar-refractivity contribution is 5.88. The number of carbonyl (C=O) groups is 3. The Bertz CT molecular complexity index is 932. The Labute approximate surface area is 203 Å². The number of nitrogens with zero attached hydrogens (tertiary/aromatic N) is 2. The zero-order valence-electron chi connectivity index (χ0n) is 20.4. The van der Waals surface area contributed by atoms with Crippen LogP contribution in [0.3, 0.4) is 0 Å². The molecule has 0 saturated carbocycles. The van der Waals surface area contributed by atoms with E-state index in [0.29, 0.717) is 45.3 Å². The van der Waals surface area contributed by atoms with Gasteiger partial charge in [0.25, 0.3) is 0 Å². The first-order chi connectivity index (χ1) is 16.5. The van der Waals surface area contributed by atoms with E-state index in [0.717, 1.165) is 24.0 Å². The summed E-state index contributed by atoms with van der Waals surface area (Å²) in [6.45, 7) is 5.59. The number of hydrogen-bond donors (Lipinski definition) is 1. The van der Waals surface area contributed by atoms with E-state index < -0.39 is 6.04 Å². The summed E-state index contributed by atoms with van der Waals surface area (Å²) in [5, 5.41) is 3.00. The average Bonchev–Trinajstić information content (AvgIpc) is 2.86. The Hall–Kier alpha value is -3.15. The molecule has 3 amide bonds. The molecule has 0 aromatic heterocycles. The zero-order chi connectivity index (χ0) is 24.3. The lowest BCUT2D eigenvalue weighted by molar-refractivity contribution is -0.144. The van der Waals surface area contributed by atoms with Gasteiger partial charge in [-0.3, -0.25) is 14.4 Å². The van der Waals surface area contributed by atoms with Crippen molar-refractivity contribution in [3.8, 4) is 0 Å². The van der Waals surface area contributed by atoms with Gasteiger partial charge >= 0.3 is 0 Å².